The normalized spacial score (nSPS) is 23.4. The van der Waals surface area contributed by atoms with Crippen molar-refractivity contribution >= 4 is 29.5 Å². The topological polar surface area (TPSA) is 105 Å². The fraction of sp³-hybridized carbons (Fsp3) is 0.429. The Morgan fingerprint density at radius 2 is 2.26 bits per heavy atom. The molecule has 0 aromatic carbocycles. The number of aromatic nitrogens is 2. The number of carboxylic acid groups (broad SMARTS) is 1. The average molecular weight is 336 g/mol. The number of carboxylic acids is 1. The highest BCUT2D eigenvalue weighted by Crippen LogP contribution is 2.40. The summed E-state index contributed by atoms with van der Waals surface area (Å²) in [4.78, 5) is 37.0. The van der Waals surface area contributed by atoms with E-state index in [0.29, 0.717) is 17.9 Å². The van der Waals surface area contributed by atoms with Crippen molar-refractivity contribution in [1.82, 2.24) is 20.0 Å². The quantitative estimate of drug-likeness (QED) is 0.765. The van der Waals surface area contributed by atoms with Gasteiger partial charge in [0, 0.05) is 18.5 Å². The van der Waals surface area contributed by atoms with E-state index in [4.69, 9.17) is 0 Å². The van der Waals surface area contributed by atoms with Crippen LogP contribution >= 0.6 is 11.8 Å². The standard InChI is InChI=1S/C14H16N4O4S/c1-3-17-5-4-8(16-17)11(19)15-9-12(20)18-10(14(21)22)7(2)6-23-13(9)18/h4-5,9,13H,3,6H2,1-2H3,(H,15,19)(H,21,22)/t9-,13-/m0/s1. The Morgan fingerprint density at radius 1 is 1.52 bits per heavy atom. The number of hydrogen-bond donors (Lipinski definition) is 2. The van der Waals surface area contributed by atoms with Gasteiger partial charge in [0.05, 0.1) is 0 Å². The number of carbonyl (C=O) groups is 3. The second kappa shape index (κ2) is 5.73. The van der Waals surface area contributed by atoms with E-state index in [9.17, 15) is 19.5 Å². The number of carbonyl (C=O) groups excluding carboxylic acids is 2. The van der Waals surface area contributed by atoms with Crippen LogP contribution in [0, 0.1) is 0 Å². The third-order valence-corrected chi connectivity index (χ3v) is 5.27. The van der Waals surface area contributed by atoms with E-state index in [0.717, 1.165) is 0 Å². The Balaban J connectivity index is 1.73. The third kappa shape index (κ3) is 2.50. The lowest BCUT2D eigenvalue weighted by Crippen LogP contribution is -2.70. The molecule has 122 valence electrons. The first-order valence-corrected chi connectivity index (χ1v) is 8.21. The minimum absolute atomic E-state index is 0.0273. The van der Waals surface area contributed by atoms with Crippen LogP contribution in [-0.2, 0) is 16.1 Å². The monoisotopic (exact) mass is 336 g/mol. The lowest BCUT2D eigenvalue weighted by Gasteiger charge is -2.49. The maximum Gasteiger partial charge on any atom is 0.352 e. The summed E-state index contributed by atoms with van der Waals surface area (Å²) in [6.45, 7) is 4.25. The van der Waals surface area contributed by atoms with Crippen molar-refractivity contribution in [2.24, 2.45) is 0 Å². The predicted molar refractivity (Wildman–Crippen MR) is 82.6 cm³/mol. The number of aliphatic carboxylic acids is 1. The van der Waals surface area contributed by atoms with Gasteiger partial charge in [-0.05, 0) is 25.5 Å². The van der Waals surface area contributed by atoms with Crippen LogP contribution < -0.4 is 5.32 Å². The van der Waals surface area contributed by atoms with Crippen molar-refractivity contribution in [3.8, 4) is 0 Å². The smallest absolute Gasteiger partial charge is 0.352 e. The van der Waals surface area contributed by atoms with E-state index < -0.39 is 23.8 Å². The van der Waals surface area contributed by atoms with Crippen LogP contribution in [0.5, 0.6) is 0 Å². The molecule has 2 aliphatic rings. The molecule has 3 heterocycles. The number of nitrogens with zero attached hydrogens (tertiary/aromatic N) is 3. The first kappa shape index (κ1) is 15.6. The molecule has 0 unspecified atom stereocenters. The summed E-state index contributed by atoms with van der Waals surface area (Å²) >= 11 is 1.44. The first-order chi connectivity index (χ1) is 10.9. The van der Waals surface area contributed by atoms with Gasteiger partial charge in [-0.2, -0.15) is 5.10 Å². The first-order valence-electron chi connectivity index (χ1n) is 7.16. The zero-order valence-electron chi connectivity index (χ0n) is 12.6. The van der Waals surface area contributed by atoms with Crippen LogP contribution in [0.2, 0.25) is 0 Å². The maximum absolute atomic E-state index is 12.3. The minimum Gasteiger partial charge on any atom is -0.477 e. The zero-order chi connectivity index (χ0) is 16.7. The molecule has 23 heavy (non-hydrogen) atoms. The van der Waals surface area contributed by atoms with Crippen LogP contribution in [0.3, 0.4) is 0 Å². The van der Waals surface area contributed by atoms with Crippen LogP contribution in [0.4, 0.5) is 0 Å². The molecule has 2 atom stereocenters. The molecule has 9 heteroatoms. The molecule has 1 fully saturated rings. The highest BCUT2D eigenvalue weighted by molar-refractivity contribution is 8.00. The van der Waals surface area contributed by atoms with Crippen molar-refractivity contribution in [3.05, 3.63) is 29.2 Å². The molecular formula is C14H16N4O4S. The minimum atomic E-state index is -1.12. The van der Waals surface area contributed by atoms with Crippen LogP contribution in [0.1, 0.15) is 24.3 Å². The second-order valence-corrected chi connectivity index (χ2v) is 6.46. The van der Waals surface area contributed by atoms with Crippen molar-refractivity contribution in [2.75, 3.05) is 5.75 Å². The summed E-state index contributed by atoms with van der Waals surface area (Å²) < 4.78 is 1.62. The molecule has 2 N–H and O–H groups in total. The summed E-state index contributed by atoms with van der Waals surface area (Å²) in [5.41, 5.74) is 0.919. The molecule has 1 aromatic rings. The lowest BCUT2D eigenvalue weighted by molar-refractivity contribution is -0.148. The highest BCUT2D eigenvalue weighted by Gasteiger charge is 2.53. The van der Waals surface area contributed by atoms with Gasteiger partial charge in [0.2, 0.25) is 0 Å². The van der Waals surface area contributed by atoms with Gasteiger partial charge in [-0.15, -0.1) is 11.8 Å². The summed E-state index contributed by atoms with van der Waals surface area (Å²) in [6.07, 6.45) is 1.69. The SMILES string of the molecule is CCn1ccc(C(=O)N[C@H]2C(=O)N3C(C(=O)O)=C(C)CS[C@@H]23)n1. The summed E-state index contributed by atoms with van der Waals surface area (Å²) in [7, 11) is 0. The largest absolute Gasteiger partial charge is 0.477 e. The Labute approximate surface area is 136 Å². The number of aryl methyl sites for hydroxylation is 1. The molecular weight excluding hydrogens is 320 g/mol. The predicted octanol–water partition coefficient (Wildman–Crippen LogP) is 0.275. The molecule has 0 saturated carbocycles. The molecule has 1 saturated heterocycles. The van der Waals surface area contributed by atoms with Gasteiger partial charge < -0.3 is 10.4 Å². The fourth-order valence-corrected chi connectivity index (χ4v) is 3.94. The average Bonchev–Trinajstić information content (AvgIpc) is 3.01. The van der Waals surface area contributed by atoms with Gasteiger partial charge in [-0.25, -0.2) is 4.79 Å². The third-order valence-electron chi connectivity index (χ3n) is 3.85. The Morgan fingerprint density at radius 3 is 2.87 bits per heavy atom. The summed E-state index contributed by atoms with van der Waals surface area (Å²) in [5, 5.41) is 15.6. The molecule has 1 aromatic heterocycles. The van der Waals surface area contributed by atoms with E-state index in [-0.39, 0.29) is 16.8 Å². The second-order valence-electron chi connectivity index (χ2n) is 5.35. The molecule has 0 bridgehead atoms. The fourth-order valence-electron chi connectivity index (χ4n) is 2.65. The number of nitrogens with one attached hydrogen (secondary N) is 1. The van der Waals surface area contributed by atoms with Gasteiger partial charge in [-0.3, -0.25) is 19.2 Å². The zero-order valence-corrected chi connectivity index (χ0v) is 13.5. The van der Waals surface area contributed by atoms with E-state index in [1.54, 1.807) is 23.9 Å². The number of amides is 2. The van der Waals surface area contributed by atoms with Crippen LogP contribution in [0.25, 0.3) is 0 Å². The van der Waals surface area contributed by atoms with E-state index in [2.05, 4.69) is 10.4 Å². The summed E-state index contributed by atoms with van der Waals surface area (Å²) in [6, 6.07) is 0.863. The van der Waals surface area contributed by atoms with Gasteiger partial charge in [0.1, 0.15) is 22.8 Å². The lowest BCUT2D eigenvalue weighted by atomic mass is 10.0. The van der Waals surface area contributed by atoms with Gasteiger partial charge in [-0.1, -0.05) is 0 Å². The van der Waals surface area contributed by atoms with E-state index in [1.807, 2.05) is 6.92 Å². The molecule has 8 nitrogen and oxygen atoms in total. The molecule has 0 aliphatic carbocycles. The Bertz CT molecular complexity index is 726. The van der Waals surface area contributed by atoms with Gasteiger partial charge in [0.25, 0.3) is 11.8 Å². The highest BCUT2D eigenvalue weighted by atomic mass is 32.2. The van der Waals surface area contributed by atoms with Crippen LogP contribution in [-0.4, -0.2) is 54.7 Å². The van der Waals surface area contributed by atoms with Crippen molar-refractivity contribution < 1.29 is 19.5 Å². The molecule has 0 spiro atoms. The van der Waals surface area contributed by atoms with Crippen molar-refractivity contribution in [1.29, 1.82) is 0 Å². The van der Waals surface area contributed by atoms with Crippen LogP contribution in [0.15, 0.2) is 23.5 Å². The van der Waals surface area contributed by atoms with E-state index >= 15 is 0 Å². The molecule has 3 rings (SSSR count). The Hall–Kier alpha value is -2.29. The number of hydrogen-bond acceptors (Lipinski definition) is 5. The van der Waals surface area contributed by atoms with Gasteiger partial charge >= 0.3 is 5.97 Å². The number of rotatable bonds is 4. The van der Waals surface area contributed by atoms with Crippen molar-refractivity contribution in [3.63, 3.8) is 0 Å². The Kier molecular flexibility index (Phi) is 3.88. The number of thioether (sulfide) groups is 1. The molecule has 2 aliphatic heterocycles. The van der Waals surface area contributed by atoms with Crippen molar-refractivity contribution in [2.45, 2.75) is 31.8 Å². The maximum atomic E-state index is 12.3. The van der Waals surface area contributed by atoms with Gasteiger partial charge in [0.15, 0.2) is 0 Å². The molecule has 2 amide bonds. The van der Waals surface area contributed by atoms with E-state index in [1.165, 1.54) is 16.7 Å². The number of β-lactam (4-membered cyclic amide) rings is 1. The number of fused-ring (bicyclic) bond motifs is 1. The summed E-state index contributed by atoms with van der Waals surface area (Å²) in [5.74, 6) is -1.43. The molecule has 0 radical (unpaired) electrons.